The Morgan fingerprint density at radius 1 is 1.50 bits per heavy atom. The second-order valence-electron chi connectivity index (χ2n) is 4.66. The van der Waals surface area contributed by atoms with Crippen molar-refractivity contribution < 1.29 is 0 Å². The molecule has 20 heavy (non-hydrogen) atoms. The summed E-state index contributed by atoms with van der Waals surface area (Å²) < 4.78 is 2.13. The van der Waals surface area contributed by atoms with Crippen molar-refractivity contribution in [2.24, 2.45) is 5.73 Å². The van der Waals surface area contributed by atoms with Gasteiger partial charge in [-0.15, -0.1) is 11.3 Å². The highest BCUT2D eigenvalue weighted by molar-refractivity contribution is 7.99. The van der Waals surface area contributed by atoms with Crippen LogP contribution in [0.2, 0.25) is 5.02 Å². The highest BCUT2D eigenvalue weighted by Crippen LogP contribution is 2.33. The maximum Gasteiger partial charge on any atom is 0.194 e. The van der Waals surface area contributed by atoms with Gasteiger partial charge in [-0.3, -0.25) is 4.40 Å². The number of nitrogens with two attached hydrogens (primary N) is 1. The summed E-state index contributed by atoms with van der Waals surface area (Å²) >= 11 is 9.31. The maximum absolute atomic E-state index is 6.04. The van der Waals surface area contributed by atoms with Crippen LogP contribution in [0.1, 0.15) is 12.6 Å². The molecule has 0 saturated carbocycles. The zero-order valence-corrected chi connectivity index (χ0v) is 13.3. The lowest BCUT2D eigenvalue weighted by atomic mass is 10.2. The third-order valence-electron chi connectivity index (χ3n) is 2.85. The lowest BCUT2D eigenvalue weighted by Gasteiger charge is -2.07. The number of fused-ring (bicyclic) bond motifs is 1. The van der Waals surface area contributed by atoms with E-state index in [2.05, 4.69) is 4.40 Å². The monoisotopic (exact) mass is 323 g/mol. The van der Waals surface area contributed by atoms with Gasteiger partial charge in [0.15, 0.2) is 4.96 Å². The molecular formula is C14H14ClN3S2. The molecule has 3 nitrogen and oxygen atoms in total. The van der Waals surface area contributed by atoms with Crippen LogP contribution in [0.25, 0.3) is 4.96 Å². The van der Waals surface area contributed by atoms with Gasteiger partial charge in [0.2, 0.25) is 0 Å². The van der Waals surface area contributed by atoms with E-state index < -0.39 is 0 Å². The van der Waals surface area contributed by atoms with Gasteiger partial charge in [0.1, 0.15) is 5.03 Å². The Kier molecular flexibility index (Phi) is 4.03. The first-order chi connectivity index (χ1) is 9.63. The summed E-state index contributed by atoms with van der Waals surface area (Å²) in [7, 11) is 0. The van der Waals surface area contributed by atoms with E-state index in [0.29, 0.717) is 0 Å². The molecule has 1 unspecified atom stereocenters. The van der Waals surface area contributed by atoms with Crippen molar-refractivity contribution in [1.82, 2.24) is 9.38 Å². The second-order valence-corrected chi connectivity index (χ2v) is 7.03. The average molecular weight is 324 g/mol. The summed E-state index contributed by atoms with van der Waals surface area (Å²) in [5.41, 5.74) is 7.13. The molecule has 3 aromatic rings. The van der Waals surface area contributed by atoms with E-state index in [1.54, 1.807) is 23.1 Å². The summed E-state index contributed by atoms with van der Waals surface area (Å²) in [4.78, 5) is 6.79. The van der Waals surface area contributed by atoms with Crippen molar-refractivity contribution >= 4 is 39.7 Å². The Labute approximate surface area is 130 Å². The number of nitrogens with zero attached hydrogens (tertiary/aromatic N) is 2. The number of hydrogen-bond acceptors (Lipinski definition) is 4. The number of aromatic nitrogens is 2. The Morgan fingerprint density at radius 2 is 2.35 bits per heavy atom. The fourth-order valence-corrected chi connectivity index (χ4v) is 4.06. The van der Waals surface area contributed by atoms with E-state index in [0.717, 1.165) is 26.3 Å². The molecule has 0 bridgehead atoms. The Hall–Kier alpha value is -1.01. The molecule has 0 aliphatic rings. The van der Waals surface area contributed by atoms with Crippen LogP contribution in [0.3, 0.4) is 0 Å². The number of thiazole rings is 1. The highest BCUT2D eigenvalue weighted by atomic mass is 35.5. The minimum Gasteiger partial charge on any atom is -0.328 e. The van der Waals surface area contributed by atoms with Gasteiger partial charge < -0.3 is 5.73 Å². The van der Waals surface area contributed by atoms with Gasteiger partial charge >= 0.3 is 0 Å². The molecule has 0 fully saturated rings. The van der Waals surface area contributed by atoms with Crippen LogP contribution in [0, 0.1) is 0 Å². The number of imidazole rings is 1. The molecule has 2 heterocycles. The van der Waals surface area contributed by atoms with Crippen molar-refractivity contribution in [1.29, 1.82) is 0 Å². The number of hydrogen-bond donors (Lipinski definition) is 1. The largest absolute Gasteiger partial charge is 0.328 e. The molecule has 0 amide bonds. The molecule has 0 spiro atoms. The van der Waals surface area contributed by atoms with Crippen LogP contribution in [0.5, 0.6) is 0 Å². The molecule has 2 N–H and O–H groups in total. The summed E-state index contributed by atoms with van der Waals surface area (Å²) in [6.07, 6.45) is 2.85. The van der Waals surface area contributed by atoms with Crippen LogP contribution >= 0.6 is 34.7 Å². The fourth-order valence-electron chi connectivity index (χ4n) is 2.03. The molecule has 0 radical (unpaired) electrons. The van der Waals surface area contributed by atoms with E-state index in [1.807, 2.05) is 42.8 Å². The normalized spacial score (nSPS) is 12.9. The lowest BCUT2D eigenvalue weighted by Crippen LogP contribution is -2.19. The number of rotatable bonds is 4. The summed E-state index contributed by atoms with van der Waals surface area (Å²) in [5.74, 6) is 0. The van der Waals surface area contributed by atoms with Gasteiger partial charge in [-0.05, 0) is 25.1 Å². The van der Waals surface area contributed by atoms with Gasteiger partial charge in [0, 0.05) is 34.0 Å². The summed E-state index contributed by atoms with van der Waals surface area (Å²) in [6.45, 7) is 2.01. The second kappa shape index (κ2) is 5.77. The molecule has 3 rings (SSSR count). The van der Waals surface area contributed by atoms with Crippen LogP contribution in [-0.4, -0.2) is 15.4 Å². The Balaban J connectivity index is 1.99. The average Bonchev–Trinajstić information content (AvgIpc) is 2.93. The van der Waals surface area contributed by atoms with Gasteiger partial charge in [-0.2, -0.15) is 0 Å². The molecule has 6 heteroatoms. The van der Waals surface area contributed by atoms with E-state index >= 15 is 0 Å². The number of halogens is 1. The Morgan fingerprint density at radius 3 is 3.10 bits per heavy atom. The van der Waals surface area contributed by atoms with Crippen molar-refractivity contribution in [2.75, 3.05) is 0 Å². The van der Waals surface area contributed by atoms with Crippen LogP contribution < -0.4 is 5.73 Å². The fraction of sp³-hybridized carbons (Fsp3) is 0.214. The minimum absolute atomic E-state index is 0.105. The van der Waals surface area contributed by atoms with Gasteiger partial charge in [-0.25, -0.2) is 4.98 Å². The van der Waals surface area contributed by atoms with Gasteiger partial charge in [0.05, 0.1) is 5.69 Å². The molecule has 0 saturated heterocycles. The van der Waals surface area contributed by atoms with E-state index in [1.165, 1.54) is 5.69 Å². The lowest BCUT2D eigenvalue weighted by molar-refractivity contribution is 0.706. The standard InChI is InChI=1S/C14H14ClN3S2/c1-9(16)7-12-13(17-14-18(12)5-6-19-14)20-11-4-2-3-10(15)8-11/h2-6,8-9H,7,16H2,1H3. The quantitative estimate of drug-likeness (QED) is 0.786. The zero-order valence-electron chi connectivity index (χ0n) is 10.9. The molecule has 104 valence electrons. The van der Waals surface area contributed by atoms with E-state index in [9.17, 15) is 0 Å². The number of benzene rings is 1. The Bertz CT molecular complexity index is 733. The van der Waals surface area contributed by atoms with Crippen molar-refractivity contribution in [3.8, 4) is 0 Å². The van der Waals surface area contributed by atoms with Crippen molar-refractivity contribution in [3.05, 3.63) is 46.6 Å². The summed E-state index contributed by atoms with van der Waals surface area (Å²) in [5, 5.41) is 3.79. The molecule has 1 atom stereocenters. The minimum atomic E-state index is 0.105. The summed E-state index contributed by atoms with van der Waals surface area (Å²) in [6, 6.07) is 7.93. The molecule has 2 aromatic heterocycles. The van der Waals surface area contributed by atoms with Gasteiger partial charge in [-0.1, -0.05) is 29.4 Å². The van der Waals surface area contributed by atoms with Crippen LogP contribution in [-0.2, 0) is 6.42 Å². The first kappa shape index (κ1) is 13.9. The predicted octanol–water partition coefficient (Wildman–Crippen LogP) is 4.09. The molecular weight excluding hydrogens is 310 g/mol. The maximum atomic E-state index is 6.04. The van der Waals surface area contributed by atoms with Crippen LogP contribution in [0.15, 0.2) is 45.8 Å². The van der Waals surface area contributed by atoms with E-state index in [-0.39, 0.29) is 6.04 Å². The highest BCUT2D eigenvalue weighted by Gasteiger charge is 2.15. The van der Waals surface area contributed by atoms with Gasteiger partial charge in [0.25, 0.3) is 0 Å². The zero-order chi connectivity index (χ0) is 14.1. The first-order valence-electron chi connectivity index (χ1n) is 6.27. The first-order valence-corrected chi connectivity index (χ1v) is 8.34. The smallest absolute Gasteiger partial charge is 0.194 e. The third-order valence-corrected chi connectivity index (χ3v) is 4.85. The van der Waals surface area contributed by atoms with Crippen molar-refractivity contribution in [3.63, 3.8) is 0 Å². The molecule has 0 aliphatic carbocycles. The van der Waals surface area contributed by atoms with Crippen LogP contribution in [0.4, 0.5) is 0 Å². The predicted molar refractivity (Wildman–Crippen MR) is 86.0 cm³/mol. The topological polar surface area (TPSA) is 43.3 Å². The van der Waals surface area contributed by atoms with Crippen molar-refractivity contribution in [2.45, 2.75) is 29.3 Å². The van der Waals surface area contributed by atoms with E-state index in [4.69, 9.17) is 22.3 Å². The third kappa shape index (κ3) is 2.86. The SMILES string of the molecule is CC(N)Cc1c(Sc2cccc(Cl)c2)nc2sccn12. The molecule has 0 aliphatic heterocycles. The molecule has 1 aromatic carbocycles.